The van der Waals surface area contributed by atoms with Gasteiger partial charge in [0.15, 0.2) is 5.82 Å². The highest BCUT2D eigenvalue weighted by Crippen LogP contribution is 2.34. The van der Waals surface area contributed by atoms with Gasteiger partial charge in [0.05, 0.1) is 5.02 Å². The summed E-state index contributed by atoms with van der Waals surface area (Å²) in [5.41, 5.74) is 8.53. The van der Waals surface area contributed by atoms with Crippen LogP contribution < -0.4 is 5.73 Å². The minimum atomic E-state index is -0.439. The number of aryl methyl sites for hydroxylation is 1. The maximum atomic E-state index is 14.0. The van der Waals surface area contributed by atoms with Crippen molar-refractivity contribution in [1.29, 1.82) is 0 Å². The molecule has 17 heavy (non-hydrogen) atoms. The average Bonchev–Trinajstić information content (AvgIpc) is 2.24. The molecule has 0 radical (unpaired) electrons. The fraction of sp³-hybridized carbons (Fsp3) is 0.0769. The summed E-state index contributed by atoms with van der Waals surface area (Å²) in [7, 11) is 0. The SMILES string of the molecule is Cc1cc(N)cc(-c2ccc(Br)c(Cl)c2F)c1. The lowest BCUT2D eigenvalue weighted by molar-refractivity contribution is 0.631. The molecule has 0 aliphatic heterocycles. The smallest absolute Gasteiger partial charge is 0.150 e. The Morgan fingerprint density at radius 2 is 1.94 bits per heavy atom. The summed E-state index contributed by atoms with van der Waals surface area (Å²) < 4.78 is 14.6. The molecule has 0 saturated heterocycles. The van der Waals surface area contributed by atoms with Crippen molar-refractivity contribution >= 4 is 33.2 Å². The van der Waals surface area contributed by atoms with Gasteiger partial charge in [0, 0.05) is 15.7 Å². The van der Waals surface area contributed by atoms with E-state index in [9.17, 15) is 4.39 Å². The summed E-state index contributed by atoms with van der Waals surface area (Å²) in [5.74, 6) is -0.439. The van der Waals surface area contributed by atoms with Gasteiger partial charge in [-0.2, -0.15) is 0 Å². The molecule has 0 aliphatic rings. The van der Waals surface area contributed by atoms with E-state index in [1.165, 1.54) is 0 Å². The molecule has 1 nitrogen and oxygen atoms in total. The van der Waals surface area contributed by atoms with Crippen molar-refractivity contribution < 1.29 is 4.39 Å². The van der Waals surface area contributed by atoms with Crippen LogP contribution in [0.2, 0.25) is 5.02 Å². The first-order chi connectivity index (χ1) is 7.99. The molecule has 0 unspecified atom stereocenters. The highest BCUT2D eigenvalue weighted by Gasteiger charge is 2.12. The number of hydrogen-bond acceptors (Lipinski definition) is 1. The molecule has 0 heterocycles. The Morgan fingerprint density at radius 3 is 2.59 bits per heavy atom. The number of nitrogens with two attached hydrogens (primary N) is 1. The van der Waals surface area contributed by atoms with E-state index < -0.39 is 5.82 Å². The van der Waals surface area contributed by atoms with Crippen LogP contribution >= 0.6 is 27.5 Å². The third-order valence-electron chi connectivity index (χ3n) is 2.45. The standard InChI is InChI=1S/C13H10BrClFN/c1-7-4-8(6-9(17)5-7)10-2-3-11(14)12(15)13(10)16/h2-6H,17H2,1H3. The number of benzene rings is 2. The van der Waals surface area contributed by atoms with Crippen LogP contribution in [0.15, 0.2) is 34.8 Å². The van der Waals surface area contributed by atoms with E-state index in [4.69, 9.17) is 17.3 Å². The second-order valence-electron chi connectivity index (χ2n) is 3.86. The Balaban J connectivity index is 2.64. The fourth-order valence-electron chi connectivity index (χ4n) is 1.72. The molecule has 2 aromatic carbocycles. The van der Waals surface area contributed by atoms with Gasteiger partial charge in [0.1, 0.15) is 0 Å². The Hall–Kier alpha value is -1.06. The van der Waals surface area contributed by atoms with Crippen LogP contribution in [0.5, 0.6) is 0 Å². The summed E-state index contributed by atoms with van der Waals surface area (Å²) >= 11 is 9.04. The highest BCUT2D eigenvalue weighted by molar-refractivity contribution is 9.10. The van der Waals surface area contributed by atoms with E-state index in [0.717, 1.165) is 11.1 Å². The Morgan fingerprint density at radius 1 is 1.24 bits per heavy atom. The van der Waals surface area contributed by atoms with E-state index in [1.807, 2.05) is 19.1 Å². The zero-order valence-corrected chi connectivity index (χ0v) is 11.4. The van der Waals surface area contributed by atoms with Gasteiger partial charge in [0.2, 0.25) is 0 Å². The lowest BCUT2D eigenvalue weighted by Gasteiger charge is -2.08. The molecular formula is C13H10BrClFN. The van der Waals surface area contributed by atoms with Crippen molar-refractivity contribution in [2.45, 2.75) is 6.92 Å². The molecule has 0 aliphatic carbocycles. The van der Waals surface area contributed by atoms with Crippen molar-refractivity contribution in [2.24, 2.45) is 0 Å². The van der Waals surface area contributed by atoms with Gasteiger partial charge in [-0.05, 0) is 52.2 Å². The van der Waals surface area contributed by atoms with E-state index >= 15 is 0 Å². The van der Waals surface area contributed by atoms with Crippen LogP contribution in [-0.2, 0) is 0 Å². The van der Waals surface area contributed by atoms with E-state index in [1.54, 1.807) is 18.2 Å². The fourth-order valence-corrected chi connectivity index (χ4v) is 2.19. The van der Waals surface area contributed by atoms with Crippen LogP contribution in [0.25, 0.3) is 11.1 Å². The van der Waals surface area contributed by atoms with Crippen LogP contribution in [0.4, 0.5) is 10.1 Å². The lowest BCUT2D eigenvalue weighted by atomic mass is 10.0. The molecule has 2 aromatic rings. The average molecular weight is 315 g/mol. The molecule has 0 atom stereocenters. The molecule has 0 spiro atoms. The molecular weight excluding hydrogens is 305 g/mol. The van der Waals surface area contributed by atoms with Gasteiger partial charge in [0.25, 0.3) is 0 Å². The molecule has 2 N–H and O–H groups in total. The number of anilines is 1. The largest absolute Gasteiger partial charge is 0.399 e. The number of rotatable bonds is 1. The molecule has 4 heteroatoms. The van der Waals surface area contributed by atoms with Gasteiger partial charge >= 0.3 is 0 Å². The summed E-state index contributed by atoms with van der Waals surface area (Å²) in [4.78, 5) is 0. The van der Waals surface area contributed by atoms with Crippen LogP contribution in [0.1, 0.15) is 5.56 Å². The van der Waals surface area contributed by atoms with Crippen molar-refractivity contribution in [2.75, 3.05) is 5.73 Å². The molecule has 88 valence electrons. The van der Waals surface area contributed by atoms with Crippen LogP contribution in [-0.4, -0.2) is 0 Å². The Bertz CT molecular complexity index is 564. The zero-order chi connectivity index (χ0) is 12.6. The zero-order valence-electron chi connectivity index (χ0n) is 9.10. The summed E-state index contributed by atoms with van der Waals surface area (Å²) in [6.07, 6.45) is 0. The lowest BCUT2D eigenvalue weighted by Crippen LogP contribution is -1.91. The van der Waals surface area contributed by atoms with Crippen molar-refractivity contribution in [3.8, 4) is 11.1 Å². The van der Waals surface area contributed by atoms with Crippen molar-refractivity contribution in [3.63, 3.8) is 0 Å². The minimum Gasteiger partial charge on any atom is -0.399 e. The molecule has 0 saturated carbocycles. The number of nitrogen functional groups attached to an aromatic ring is 1. The van der Waals surface area contributed by atoms with E-state index in [0.29, 0.717) is 15.7 Å². The summed E-state index contributed by atoms with van der Waals surface area (Å²) in [6, 6.07) is 8.84. The van der Waals surface area contributed by atoms with Gasteiger partial charge in [-0.25, -0.2) is 4.39 Å². The number of hydrogen-bond donors (Lipinski definition) is 1. The normalized spacial score (nSPS) is 10.6. The minimum absolute atomic E-state index is 0.0857. The van der Waals surface area contributed by atoms with Crippen LogP contribution in [0, 0.1) is 12.7 Å². The Labute approximate surface area is 113 Å². The van der Waals surface area contributed by atoms with Gasteiger partial charge in [-0.15, -0.1) is 0 Å². The third-order valence-corrected chi connectivity index (χ3v) is 3.70. The molecule has 2 rings (SSSR count). The molecule has 0 aromatic heterocycles. The molecule has 0 bridgehead atoms. The molecule has 0 fully saturated rings. The second-order valence-corrected chi connectivity index (χ2v) is 5.09. The second kappa shape index (κ2) is 4.67. The van der Waals surface area contributed by atoms with E-state index in [2.05, 4.69) is 15.9 Å². The first-order valence-electron chi connectivity index (χ1n) is 5.00. The maximum absolute atomic E-state index is 14.0. The van der Waals surface area contributed by atoms with Gasteiger partial charge < -0.3 is 5.73 Å². The predicted molar refractivity (Wildman–Crippen MR) is 73.7 cm³/mol. The van der Waals surface area contributed by atoms with Gasteiger partial charge in [-0.3, -0.25) is 0 Å². The van der Waals surface area contributed by atoms with Crippen LogP contribution in [0.3, 0.4) is 0 Å². The summed E-state index contributed by atoms with van der Waals surface area (Å²) in [5, 5.41) is 0.0857. The predicted octanol–water partition coefficient (Wildman–Crippen LogP) is 4.80. The monoisotopic (exact) mass is 313 g/mol. The van der Waals surface area contributed by atoms with Crippen molar-refractivity contribution in [1.82, 2.24) is 0 Å². The highest BCUT2D eigenvalue weighted by atomic mass is 79.9. The maximum Gasteiger partial charge on any atom is 0.150 e. The first kappa shape index (κ1) is 12.4. The first-order valence-corrected chi connectivity index (χ1v) is 6.17. The quantitative estimate of drug-likeness (QED) is 0.594. The topological polar surface area (TPSA) is 26.0 Å². The van der Waals surface area contributed by atoms with E-state index in [-0.39, 0.29) is 5.02 Å². The third kappa shape index (κ3) is 2.45. The summed E-state index contributed by atoms with van der Waals surface area (Å²) in [6.45, 7) is 1.91. The van der Waals surface area contributed by atoms with Gasteiger partial charge in [-0.1, -0.05) is 23.7 Å². The molecule has 0 amide bonds. The number of halogens is 3. The van der Waals surface area contributed by atoms with Crippen molar-refractivity contribution in [3.05, 3.63) is 51.2 Å². The Kier molecular flexibility index (Phi) is 3.40.